The third-order valence-electron chi connectivity index (χ3n) is 0.859. The number of rotatable bonds is 2. The van der Waals surface area contributed by atoms with Gasteiger partial charge in [-0.15, -0.1) is 0 Å². The second kappa shape index (κ2) is 3.02. The Balaban J connectivity index is 4.40. The molecule has 0 saturated heterocycles. The van der Waals surface area contributed by atoms with Gasteiger partial charge in [-0.05, 0) is 0 Å². The van der Waals surface area contributed by atoms with Gasteiger partial charge in [-0.2, -0.15) is 0 Å². The van der Waals surface area contributed by atoms with E-state index in [0.717, 1.165) is 0 Å². The summed E-state index contributed by atoms with van der Waals surface area (Å²) < 4.78 is 70.1. The van der Waals surface area contributed by atoms with Crippen LogP contribution < -0.4 is 0 Å². The van der Waals surface area contributed by atoms with Gasteiger partial charge < -0.3 is 0 Å². The third-order valence-corrected chi connectivity index (χ3v) is 37.8. The van der Waals surface area contributed by atoms with E-state index in [4.69, 9.17) is 0 Å². The molecule has 0 aliphatic heterocycles. The molecule has 0 aromatic heterocycles. The van der Waals surface area contributed by atoms with Crippen LogP contribution in [0.1, 0.15) is 0 Å². The molecule has 10 heavy (non-hydrogen) atoms. The molecule has 0 radical (unpaired) electrons. The summed E-state index contributed by atoms with van der Waals surface area (Å²) in [6.45, 7) is -5.64. The van der Waals surface area contributed by atoms with Crippen molar-refractivity contribution in [2.45, 2.75) is 0 Å². The van der Waals surface area contributed by atoms with Gasteiger partial charge in [-0.25, -0.2) is 0 Å². The van der Waals surface area contributed by atoms with Gasteiger partial charge in [0.25, 0.3) is 0 Å². The summed E-state index contributed by atoms with van der Waals surface area (Å²) in [5.74, 6) is 0. The first kappa shape index (κ1) is 10.8. The zero-order valence-electron chi connectivity index (χ0n) is 4.85. The summed E-state index contributed by atoms with van der Waals surface area (Å²) in [6, 6.07) is 0. The van der Waals surface area contributed by atoms with Crippen LogP contribution >= 0.6 is 0 Å². The van der Waals surface area contributed by atoms with Crippen molar-refractivity contribution in [2.75, 3.05) is 0 Å². The van der Waals surface area contributed by atoms with E-state index < -0.39 is 39.4 Å². The average Bonchev–Trinajstić information content (AvgIpc) is 1.62. The molecule has 0 fully saturated rings. The molecule has 0 saturated carbocycles. The Hall–Kier alpha value is 0.774. The number of hydrogen-bond acceptors (Lipinski definition) is 0. The first-order valence-electron chi connectivity index (χ1n) is 2.23. The maximum atomic E-state index is 11.9. The van der Waals surface area contributed by atoms with Crippen molar-refractivity contribution in [3.8, 4) is 0 Å². The molecular formula is H4F6GeSi3. The summed E-state index contributed by atoms with van der Waals surface area (Å²) in [5, 5.41) is 0. The topological polar surface area (TPSA) is 0 Å². The average molecular weight is 275 g/mol. The van der Waals surface area contributed by atoms with Crippen LogP contribution in [0.5, 0.6) is 0 Å². The minimum absolute atomic E-state index is 1.40. The van der Waals surface area contributed by atoms with Crippen LogP contribution in [0, 0.1) is 0 Å². The standard InChI is InChI=1S/F6GeH4Si3/c1-8(2)10(5,6)9(3,4)7/h8H,7H3. The molecule has 0 aromatic rings. The van der Waals surface area contributed by atoms with Crippen molar-refractivity contribution >= 4 is 39.4 Å². The van der Waals surface area contributed by atoms with Gasteiger partial charge in [0, 0.05) is 0 Å². The number of hydrogen-bond donors (Lipinski definition) is 0. The molecule has 62 valence electrons. The molecule has 0 rings (SSSR count). The summed E-state index contributed by atoms with van der Waals surface area (Å²) >= 11 is -1.40. The Morgan fingerprint density at radius 1 is 1.00 bits per heavy atom. The molecule has 0 unspecified atom stereocenters. The zero-order chi connectivity index (χ0) is 8.58. The van der Waals surface area contributed by atoms with Crippen LogP contribution in [0.25, 0.3) is 0 Å². The molecule has 0 aliphatic rings. The fourth-order valence-electron chi connectivity index (χ4n) is 0.192. The summed E-state index contributed by atoms with van der Waals surface area (Å²) in [4.78, 5) is 0. The summed E-state index contributed by atoms with van der Waals surface area (Å²) in [7, 11) is -11.6. The van der Waals surface area contributed by atoms with Crippen LogP contribution in [0.4, 0.5) is 24.6 Å². The van der Waals surface area contributed by atoms with Gasteiger partial charge in [0.15, 0.2) is 0 Å². The summed E-state index contributed by atoms with van der Waals surface area (Å²) in [5.41, 5.74) is 0. The molecule has 0 amide bonds. The van der Waals surface area contributed by atoms with Crippen LogP contribution in [-0.4, -0.2) is 39.4 Å². The molecule has 10 heteroatoms. The van der Waals surface area contributed by atoms with Crippen molar-refractivity contribution in [3.63, 3.8) is 0 Å². The maximum absolute atomic E-state index is 11.9. The summed E-state index contributed by atoms with van der Waals surface area (Å²) in [6.07, 6.45) is 0. The monoisotopic (exact) mass is 276 g/mol. The van der Waals surface area contributed by atoms with Gasteiger partial charge in [0.05, 0.1) is 0 Å². The molecule has 0 aliphatic carbocycles. The quantitative estimate of drug-likeness (QED) is 0.376. The molecule has 0 atom stereocenters. The van der Waals surface area contributed by atoms with Crippen LogP contribution in [0.15, 0.2) is 0 Å². The fraction of sp³-hybridized carbons (Fsp3) is 0. The van der Waals surface area contributed by atoms with Crippen molar-refractivity contribution in [2.24, 2.45) is 0 Å². The van der Waals surface area contributed by atoms with Crippen molar-refractivity contribution in [1.82, 2.24) is 0 Å². The van der Waals surface area contributed by atoms with E-state index in [-0.39, 0.29) is 0 Å². The molecular weight excluding hydrogens is 271 g/mol. The minimum atomic E-state index is -6.29. The second-order valence-electron chi connectivity index (χ2n) is 1.81. The first-order valence-corrected chi connectivity index (χ1v) is 16.2. The Morgan fingerprint density at radius 2 is 1.30 bits per heavy atom. The Kier molecular flexibility index (Phi) is 3.26. The third kappa shape index (κ3) is 2.13. The van der Waals surface area contributed by atoms with Gasteiger partial charge in [-0.3, -0.25) is 0 Å². The molecule has 0 heterocycles. The van der Waals surface area contributed by atoms with Crippen LogP contribution in [0.3, 0.4) is 0 Å². The van der Waals surface area contributed by atoms with Crippen LogP contribution in [-0.2, 0) is 0 Å². The van der Waals surface area contributed by atoms with E-state index in [2.05, 4.69) is 0 Å². The van der Waals surface area contributed by atoms with Gasteiger partial charge in [0.2, 0.25) is 0 Å². The van der Waals surface area contributed by atoms with Gasteiger partial charge >= 0.3 is 64.0 Å². The fourth-order valence-corrected chi connectivity index (χ4v) is 17.5. The molecule has 0 bridgehead atoms. The van der Waals surface area contributed by atoms with Gasteiger partial charge in [0.1, 0.15) is 0 Å². The van der Waals surface area contributed by atoms with E-state index in [9.17, 15) is 24.6 Å². The first-order chi connectivity index (χ1) is 4.19. The normalized spacial score (nSPS) is 14.7. The molecule has 0 nitrogen and oxygen atoms in total. The Labute approximate surface area is 64.5 Å². The van der Waals surface area contributed by atoms with E-state index in [1.807, 2.05) is 0 Å². The van der Waals surface area contributed by atoms with E-state index in [0.29, 0.717) is 0 Å². The predicted octanol–water partition coefficient (Wildman–Crippen LogP) is -0.0728. The molecule has 0 N–H and O–H groups in total. The SMILES string of the molecule is F[SiH](F)[Si](F)(F)[Si](F)(F)[GeH3]. The predicted molar refractivity (Wildman–Crippen MR) is 35.2 cm³/mol. The number of halogens is 6. The van der Waals surface area contributed by atoms with Gasteiger partial charge in [-0.1, -0.05) is 0 Å². The van der Waals surface area contributed by atoms with Crippen molar-refractivity contribution in [3.05, 3.63) is 0 Å². The molecule has 0 aromatic carbocycles. The van der Waals surface area contributed by atoms with E-state index >= 15 is 0 Å². The Morgan fingerprint density at radius 3 is 1.30 bits per heavy atom. The van der Waals surface area contributed by atoms with Crippen molar-refractivity contribution in [1.29, 1.82) is 0 Å². The van der Waals surface area contributed by atoms with E-state index in [1.165, 1.54) is 0 Å². The van der Waals surface area contributed by atoms with E-state index in [1.54, 1.807) is 0 Å². The molecule has 0 spiro atoms. The van der Waals surface area contributed by atoms with Crippen LogP contribution in [0.2, 0.25) is 0 Å². The zero-order valence-corrected chi connectivity index (χ0v) is 12.2. The van der Waals surface area contributed by atoms with Crippen molar-refractivity contribution < 1.29 is 24.6 Å². The Bertz CT molecular complexity index is 115. The second-order valence-corrected chi connectivity index (χ2v) is 29.5.